The number of hydrogen-bond acceptors (Lipinski definition) is 10. The predicted octanol–water partition coefficient (Wildman–Crippen LogP) is 8.31. The van der Waals surface area contributed by atoms with E-state index in [2.05, 4.69) is 19.2 Å². The van der Waals surface area contributed by atoms with Gasteiger partial charge in [0.05, 0.1) is 25.4 Å². The van der Waals surface area contributed by atoms with Gasteiger partial charge in [-0.1, -0.05) is 193 Å². The summed E-state index contributed by atoms with van der Waals surface area (Å²) in [5, 5.41) is 75.7. The summed E-state index contributed by atoms with van der Waals surface area (Å²) < 4.78 is 11.1. The zero-order valence-corrected chi connectivity index (χ0v) is 38.2. The van der Waals surface area contributed by atoms with Crippen LogP contribution in [0.3, 0.4) is 0 Å². The molecule has 0 unspecified atom stereocenters. The van der Waals surface area contributed by atoms with Crippen LogP contribution in [0.5, 0.6) is 0 Å². The summed E-state index contributed by atoms with van der Waals surface area (Å²) in [5.41, 5.74) is 0. The van der Waals surface area contributed by atoms with Crippen LogP contribution >= 0.6 is 0 Å². The van der Waals surface area contributed by atoms with Gasteiger partial charge in [-0.05, 0) is 43.9 Å². The van der Waals surface area contributed by atoms with Gasteiger partial charge in [0, 0.05) is 0 Å². The third-order valence-corrected chi connectivity index (χ3v) is 13.0. The van der Waals surface area contributed by atoms with E-state index in [1.165, 1.54) is 148 Å². The van der Waals surface area contributed by atoms with E-state index in [1.54, 1.807) is 0 Å². The van der Waals surface area contributed by atoms with E-state index in [4.69, 9.17) is 9.47 Å². The second-order valence-electron chi connectivity index (χ2n) is 18.5. The molecule has 1 saturated heterocycles. The van der Waals surface area contributed by atoms with Crippen molar-refractivity contribution in [3.63, 3.8) is 0 Å². The molecular formula is C49H93NO10. The first kappa shape index (κ1) is 55.0. The molecule has 1 aliphatic heterocycles. The van der Waals surface area contributed by atoms with Gasteiger partial charge in [-0.2, -0.15) is 0 Å². The molecule has 0 bridgehead atoms. The smallest absolute Gasteiger partial charge is 0.249 e. The number of unbranched alkanes of at least 4 members (excludes halogenated alkanes) is 23. The molecule has 11 nitrogen and oxygen atoms in total. The largest absolute Gasteiger partial charge is 0.394 e. The van der Waals surface area contributed by atoms with E-state index in [0.717, 1.165) is 43.9 Å². The van der Waals surface area contributed by atoms with E-state index in [0.29, 0.717) is 6.42 Å². The predicted molar refractivity (Wildman–Crippen MR) is 240 cm³/mol. The van der Waals surface area contributed by atoms with Gasteiger partial charge in [-0.25, -0.2) is 0 Å². The van der Waals surface area contributed by atoms with Crippen LogP contribution in [-0.4, -0.2) is 110 Å². The molecule has 0 aromatic heterocycles. The maximum atomic E-state index is 13.1. The fraction of sp³-hybridized carbons (Fsp3) is 0.939. The van der Waals surface area contributed by atoms with Crippen molar-refractivity contribution in [2.24, 2.45) is 11.8 Å². The quantitative estimate of drug-likeness (QED) is 0.0220. The van der Waals surface area contributed by atoms with Crippen molar-refractivity contribution in [2.45, 2.75) is 268 Å². The molecule has 8 N–H and O–H groups in total. The maximum absolute atomic E-state index is 13.1. The number of nitrogens with one attached hydrogen (secondary N) is 1. The van der Waals surface area contributed by atoms with Crippen LogP contribution in [0.1, 0.15) is 213 Å². The van der Waals surface area contributed by atoms with Gasteiger partial charge in [0.2, 0.25) is 5.91 Å². The molecule has 0 spiro atoms. The Morgan fingerprint density at radius 1 is 0.650 bits per heavy atom. The molecule has 0 aromatic rings. The van der Waals surface area contributed by atoms with Crippen molar-refractivity contribution >= 4 is 5.91 Å². The number of amides is 1. The maximum Gasteiger partial charge on any atom is 0.249 e. The zero-order chi connectivity index (χ0) is 43.8. The second kappa shape index (κ2) is 35.2. The lowest BCUT2D eigenvalue weighted by molar-refractivity contribution is -0.303. The summed E-state index contributed by atoms with van der Waals surface area (Å²) in [7, 11) is 0. The minimum Gasteiger partial charge on any atom is -0.394 e. The lowest BCUT2D eigenvalue weighted by Crippen LogP contribution is -2.60. The third-order valence-electron chi connectivity index (χ3n) is 13.0. The Hall–Kier alpha value is -1.15. The van der Waals surface area contributed by atoms with Gasteiger partial charge >= 0.3 is 0 Å². The van der Waals surface area contributed by atoms with E-state index >= 15 is 0 Å². The molecule has 11 atom stereocenters. The van der Waals surface area contributed by atoms with Gasteiger partial charge in [0.25, 0.3) is 0 Å². The number of carbonyl (C=O) groups is 1. The Balaban J connectivity index is 1.64. The summed E-state index contributed by atoms with van der Waals surface area (Å²) in [6.45, 7) is 3.44. The highest BCUT2D eigenvalue weighted by molar-refractivity contribution is 5.80. The van der Waals surface area contributed by atoms with Gasteiger partial charge in [-0.15, -0.1) is 0 Å². The van der Waals surface area contributed by atoms with E-state index in [1.807, 2.05) is 12.2 Å². The molecule has 2 rings (SSSR count). The van der Waals surface area contributed by atoms with Crippen LogP contribution in [0.4, 0.5) is 0 Å². The lowest BCUT2D eigenvalue weighted by Gasteiger charge is -2.40. The Bertz CT molecular complexity index is 1050. The van der Waals surface area contributed by atoms with Crippen molar-refractivity contribution in [2.75, 3.05) is 13.2 Å². The summed E-state index contributed by atoms with van der Waals surface area (Å²) in [6, 6.07) is -1.19. The normalized spacial score (nSPS) is 25.1. The molecule has 1 amide bonds. The lowest BCUT2D eigenvalue weighted by atomic mass is 9.99. The molecule has 11 heteroatoms. The van der Waals surface area contributed by atoms with Gasteiger partial charge in [0.1, 0.15) is 36.6 Å². The molecule has 2 aliphatic rings. The van der Waals surface area contributed by atoms with E-state index < -0.39 is 74.2 Å². The minimum absolute atomic E-state index is 0.136. The number of aliphatic hydroxyl groups excluding tert-OH is 7. The third kappa shape index (κ3) is 24.6. The van der Waals surface area contributed by atoms with Crippen molar-refractivity contribution in [3.05, 3.63) is 12.2 Å². The van der Waals surface area contributed by atoms with Crippen molar-refractivity contribution in [3.8, 4) is 0 Å². The molecule has 0 aromatic carbocycles. The van der Waals surface area contributed by atoms with Crippen molar-refractivity contribution < 1.29 is 50.0 Å². The standard InChI is InChI=1S/C49H93NO10/c1-3-5-7-8-9-10-11-12-13-14-15-16-17-18-19-20-21-22-23-26-30-34-42(53)48(58)50-40(37-59-49-47(57)46(56)45(55)43(36-51)60-49)44(54)41(52)33-29-27-24-25-28-32-39-35-38(39)31-6-4-2/h27,29,38-47,49,51-57H,3-26,28,30-37H2,1-2H3,(H,50,58)/b29-27-/t38-,39-,40-,41+,42+,43+,44-,45+,46-,47+,49+/m0/s1. The molecule has 1 aliphatic carbocycles. The number of carbonyl (C=O) groups excluding carboxylic acids is 1. The van der Waals surface area contributed by atoms with Gasteiger partial charge in [0.15, 0.2) is 6.29 Å². The SMILES string of the molecule is CCCCCCCCCCCCCCCCCCCCCCC[C@@H](O)C(=O)N[C@@H](CO[C@@H]1O[C@H](CO)[C@@H](O)[C@H](O)[C@H]1O)[C@H](O)[C@H](O)C/C=C\CCCC[C@H]1C[C@@H]1CCCC. The number of rotatable bonds is 40. The van der Waals surface area contributed by atoms with E-state index in [-0.39, 0.29) is 12.8 Å². The summed E-state index contributed by atoms with van der Waals surface area (Å²) in [4.78, 5) is 13.1. The second-order valence-corrected chi connectivity index (χ2v) is 18.5. The Morgan fingerprint density at radius 3 is 1.67 bits per heavy atom. The molecule has 1 saturated carbocycles. The first-order chi connectivity index (χ1) is 29.1. The number of hydrogen-bond donors (Lipinski definition) is 8. The molecular weight excluding hydrogens is 763 g/mol. The fourth-order valence-corrected chi connectivity index (χ4v) is 8.72. The van der Waals surface area contributed by atoms with Crippen LogP contribution < -0.4 is 5.32 Å². The summed E-state index contributed by atoms with van der Waals surface area (Å²) in [6.07, 6.45) is 29.1. The number of ether oxygens (including phenoxy) is 2. The van der Waals surface area contributed by atoms with Crippen LogP contribution in [-0.2, 0) is 14.3 Å². The number of allylic oxidation sites excluding steroid dienone is 1. The zero-order valence-electron chi connectivity index (χ0n) is 38.2. The highest BCUT2D eigenvalue weighted by atomic mass is 16.7. The first-order valence-corrected chi connectivity index (χ1v) is 25.1. The highest BCUT2D eigenvalue weighted by Gasteiger charge is 2.44. The molecule has 354 valence electrons. The van der Waals surface area contributed by atoms with Crippen LogP contribution in [0, 0.1) is 11.8 Å². The van der Waals surface area contributed by atoms with Crippen molar-refractivity contribution in [1.29, 1.82) is 0 Å². The van der Waals surface area contributed by atoms with Crippen LogP contribution in [0.15, 0.2) is 12.2 Å². The average Bonchev–Trinajstić information content (AvgIpc) is 4.01. The molecule has 1 heterocycles. The first-order valence-electron chi connectivity index (χ1n) is 25.1. The number of aliphatic hydroxyl groups is 7. The Kier molecular flexibility index (Phi) is 32.3. The Morgan fingerprint density at radius 2 is 1.15 bits per heavy atom. The Labute approximate surface area is 365 Å². The molecule has 0 radical (unpaired) electrons. The fourth-order valence-electron chi connectivity index (χ4n) is 8.72. The van der Waals surface area contributed by atoms with Crippen molar-refractivity contribution in [1.82, 2.24) is 5.32 Å². The molecule has 60 heavy (non-hydrogen) atoms. The average molecular weight is 856 g/mol. The minimum atomic E-state index is -1.67. The summed E-state index contributed by atoms with van der Waals surface area (Å²) in [5.74, 6) is 1.10. The van der Waals surface area contributed by atoms with Crippen LogP contribution in [0.25, 0.3) is 0 Å². The molecule has 2 fully saturated rings. The topological polar surface area (TPSA) is 189 Å². The van der Waals surface area contributed by atoms with Gasteiger partial charge < -0.3 is 50.5 Å². The van der Waals surface area contributed by atoms with E-state index in [9.17, 15) is 40.5 Å². The highest BCUT2D eigenvalue weighted by Crippen LogP contribution is 2.45. The monoisotopic (exact) mass is 856 g/mol. The summed E-state index contributed by atoms with van der Waals surface area (Å²) >= 11 is 0. The van der Waals surface area contributed by atoms with Crippen LogP contribution in [0.2, 0.25) is 0 Å². The van der Waals surface area contributed by atoms with Gasteiger partial charge in [-0.3, -0.25) is 4.79 Å².